The summed E-state index contributed by atoms with van der Waals surface area (Å²) in [6.07, 6.45) is 23.0. The number of carbonyl (C=O) groups is 1. The molecule has 3 unspecified atom stereocenters. The molecule has 0 heterocycles. The number of aliphatic hydroxyl groups is 1. The number of nitrogens with one attached hydrogen (secondary N) is 1. The number of phosphoric acid groups is 1. The SMILES string of the molecule is CCCCCCCC/C=C\CCCCCCCC(=O)NC(COP(=O)(O)OCC[N+](C)(C)C)C(O)CCCCC. The van der Waals surface area contributed by atoms with Crippen LogP contribution in [0.4, 0.5) is 0 Å². The highest BCUT2D eigenvalue weighted by Crippen LogP contribution is 2.43. The molecule has 238 valence electrons. The summed E-state index contributed by atoms with van der Waals surface area (Å²) in [5.41, 5.74) is 0. The number of likely N-dealkylation sites (N-methyl/N-ethyl adjacent to an activating group) is 1. The third kappa shape index (κ3) is 26.2. The smallest absolute Gasteiger partial charge is 0.391 e. The average Bonchev–Trinajstić information content (AvgIpc) is 2.88. The van der Waals surface area contributed by atoms with Crippen molar-refractivity contribution in [2.24, 2.45) is 0 Å². The van der Waals surface area contributed by atoms with Gasteiger partial charge in [0.2, 0.25) is 5.91 Å². The first-order valence-electron chi connectivity index (χ1n) is 16.1. The minimum Gasteiger partial charge on any atom is -0.391 e. The van der Waals surface area contributed by atoms with Crippen LogP contribution in [0.2, 0.25) is 0 Å². The van der Waals surface area contributed by atoms with E-state index in [0.717, 1.165) is 51.4 Å². The third-order valence-corrected chi connectivity index (χ3v) is 8.00. The molecule has 0 fully saturated rings. The topological polar surface area (TPSA) is 105 Å². The average molecular weight is 592 g/mol. The van der Waals surface area contributed by atoms with Gasteiger partial charge in [-0.25, -0.2) is 4.57 Å². The molecule has 0 saturated carbocycles. The molecule has 0 radical (unpaired) electrons. The van der Waals surface area contributed by atoms with Crippen LogP contribution in [0.5, 0.6) is 0 Å². The summed E-state index contributed by atoms with van der Waals surface area (Å²) >= 11 is 0. The molecule has 1 amide bonds. The van der Waals surface area contributed by atoms with E-state index in [9.17, 15) is 19.4 Å². The fraction of sp³-hybridized carbons (Fsp3) is 0.903. The number of phosphoric ester groups is 1. The van der Waals surface area contributed by atoms with Gasteiger partial charge in [0.15, 0.2) is 0 Å². The molecule has 0 aliphatic rings. The highest BCUT2D eigenvalue weighted by Gasteiger charge is 2.28. The summed E-state index contributed by atoms with van der Waals surface area (Å²) < 4.78 is 23.1. The van der Waals surface area contributed by atoms with Gasteiger partial charge >= 0.3 is 7.82 Å². The van der Waals surface area contributed by atoms with Gasteiger partial charge in [-0.05, 0) is 38.5 Å². The van der Waals surface area contributed by atoms with Gasteiger partial charge in [-0.3, -0.25) is 13.8 Å². The molecule has 0 saturated heterocycles. The molecular formula is C31H64N2O6P+. The highest BCUT2D eigenvalue weighted by atomic mass is 31.2. The quantitative estimate of drug-likeness (QED) is 0.0382. The van der Waals surface area contributed by atoms with Crippen LogP contribution in [0.15, 0.2) is 12.2 Å². The van der Waals surface area contributed by atoms with Crippen molar-refractivity contribution in [3.05, 3.63) is 12.2 Å². The Bertz CT molecular complexity index is 683. The van der Waals surface area contributed by atoms with Crippen LogP contribution in [0.3, 0.4) is 0 Å². The zero-order chi connectivity index (χ0) is 30.1. The first kappa shape index (κ1) is 39.2. The maximum atomic E-state index is 12.6. The molecule has 0 aromatic carbocycles. The maximum absolute atomic E-state index is 12.6. The van der Waals surface area contributed by atoms with Crippen LogP contribution in [0.25, 0.3) is 0 Å². The van der Waals surface area contributed by atoms with Crippen molar-refractivity contribution in [1.29, 1.82) is 0 Å². The summed E-state index contributed by atoms with van der Waals surface area (Å²) in [5, 5.41) is 13.5. The predicted molar refractivity (Wildman–Crippen MR) is 166 cm³/mol. The van der Waals surface area contributed by atoms with E-state index in [0.29, 0.717) is 23.9 Å². The van der Waals surface area contributed by atoms with E-state index in [-0.39, 0.29) is 19.1 Å². The number of rotatable bonds is 28. The second-order valence-corrected chi connectivity index (χ2v) is 13.6. The maximum Gasteiger partial charge on any atom is 0.472 e. The van der Waals surface area contributed by atoms with E-state index >= 15 is 0 Å². The molecule has 0 aromatic heterocycles. The molecule has 0 bridgehead atoms. The molecular weight excluding hydrogens is 527 g/mol. The Morgan fingerprint density at radius 2 is 1.35 bits per heavy atom. The van der Waals surface area contributed by atoms with Crippen molar-refractivity contribution in [3.63, 3.8) is 0 Å². The van der Waals surface area contributed by atoms with Gasteiger partial charge in [0, 0.05) is 6.42 Å². The molecule has 3 N–H and O–H groups in total. The zero-order valence-electron chi connectivity index (χ0n) is 26.6. The fourth-order valence-electron chi connectivity index (χ4n) is 4.33. The largest absolute Gasteiger partial charge is 0.472 e. The standard InChI is InChI=1S/C31H63N2O6P/c1-6-8-10-11-12-13-14-15-16-17-18-19-20-21-23-25-31(35)32-29(30(34)24-22-9-7-2)28-39-40(36,37)38-27-26-33(3,4)5/h15-16,29-30,34H,6-14,17-28H2,1-5H3,(H-,32,35,36,37)/p+1/b16-15-. The number of quaternary nitrogens is 1. The Hall–Kier alpha value is -0.760. The Morgan fingerprint density at radius 1 is 0.825 bits per heavy atom. The van der Waals surface area contributed by atoms with E-state index in [1.54, 1.807) is 0 Å². The van der Waals surface area contributed by atoms with E-state index in [1.807, 2.05) is 21.1 Å². The second-order valence-electron chi connectivity index (χ2n) is 12.2. The van der Waals surface area contributed by atoms with E-state index in [1.165, 1.54) is 51.4 Å². The van der Waals surface area contributed by atoms with E-state index in [4.69, 9.17) is 9.05 Å². The van der Waals surface area contributed by atoms with Crippen molar-refractivity contribution in [1.82, 2.24) is 5.32 Å². The van der Waals surface area contributed by atoms with Gasteiger partial charge in [0.25, 0.3) is 0 Å². The van der Waals surface area contributed by atoms with Crippen LogP contribution >= 0.6 is 7.82 Å². The van der Waals surface area contributed by atoms with Gasteiger partial charge < -0.3 is 19.8 Å². The molecule has 3 atom stereocenters. The number of carbonyl (C=O) groups excluding carboxylic acids is 1. The molecule has 0 rings (SSSR count). The molecule has 0 spiro atoms. The monoisotopic (exact) mass is 591 g/mol. The summed E-state index contributed by atoms with van der Waals surface area (Å²) in [7, 11) is 1.60. The number of amides is 1. The Morgan fingerprint density at radius 3 is 1.93 bits per heavy atom. The first-order chi connectivity index (χ1) is 19.0. The van der Waals surface area contributed by atoms with Gasteiger partial charge in [0.05, 0.1) is 39.9 Å². The minimum absolute atomic E-state index is 0.0723. The van der Waals surface area contributed by atoms with Crippen LogP contribution in [-0.4, -0.2) is 73.4 Å². The van der Waals surface area contributed by atoms with Crippen LogP contribution in [0.1, 0.15) is 129 Å². The van der Waals surface area contributed by atoms with Gasteiger partial charge in [-0.15, -0.1) is 0 Å². The second kappa shape index (κ2) is 24.8. The number of allylic oxidation sites excluding steroid dienone is 2. The minimum atomic E-state index is -4.28. The number of unbranched alkanes of at least 4 members (excludes halogenated alkanes) is 13. The van der Waals surface area contributed by atoms with Crippen LogP contribution in [0, 0.1) is 0 Å². The van der Waals surface area contributed by atoms with E-state index < -0.39 is 20.0 Å². The summed E-state index contributed by atoms with van der Waals surface area (Å²) in [6.45, 7) is 4.68. The lowest BCUT2D eigenvalue weighted by Crippen LogP contribution is -2.46. The van der Waals surface area contributed by atoms with Crippen molar-refractivity contribution < 1.29 is 32.9 Å². The third-order valence-electron chi connectivity index (χ3n) is 7.01. The van der Waals surface area contributed by atoms with Gasteiger partial charge in [0.1, 0.15) is 13.2 Å². The molecule has 40 heavy (non-hydrogen) atoms. The number of aliphatic hydroxyl groups excluding tert-OH is 1. The zero-order valence-corrected chi connectivity index (χ0v) is 27.5. The number of hydrogen-bond donors (Lipinski definition) is 3. The lowest BCUT2D eigenvalue weighted by molar-refractivity contribution is -0.870. The molecule has 0 aliphatic carbocycles. The van der Waals surface area contributed by atoms with Gasteiger partial charge in [-0.1, -0.05) is 96.6 Å². The van der Waals surface area contributed by atoms with Crippen molar-refractivity contribution in [2.45, 2.75) is 142 Å². The normalized spacial score (nSPS) is 15.3. The lowest BCUT2D eigenvalue weighted by atomic mass is 10.0. The summed E-state index contributed by atoms with van der Waals surface area (Å²) in [4.78, 5) is 22.6. The fourth-order valence-corrected chi connectivity index (χ4v) is 5.07. The van der Waals surface area contributed by atoms with Crippen molar-refractivity contribution in [3.8, 4) is 0 Å². The lowest BCUT2D eigenvalue weighted by Gasteiger charge is -2.26. The highest BCUT2D eigenvalue weighted by molar-refractivity contribution is 7.47. The Balaban J connectivity index is 4.25. The van der Waals surface area contributed by atoms with Crippen LogP contribution < -0.4 is 5.32 Å². The molecule has 0 aromatic rings. The van der Waals surface area contributed by atoms with E-state index in [2.05, 4.69) is 31.3 Å². The first-order valence-corrected chi connectivity index (χ1v) is 17.5. The van der Waals surface area contributed by atoms with Crippen molar-refractivity contribution in [2.75, 3.05) is 40.9 Å². The summed E-state index contributed by atoms with van der Waals surface area (Å²) in [6, 6.07) is -0.755. The van der Waals surface area contributed by atoms with Crippen molar-refractivity contribution >= 4 is 13.7 Å². The Kier molecular flexibility index (Phi) is 24.3. The molecule has 0 aliphatic heterocycles. The molecule has 8 nitrogen and oxygen atoms in total. The summed E-state index contributed by atoms with van der Waals surface area (Å²) in [5.74, 6) is -0.167. The number of nitrogens with zero attached hydrogens (tertiary/aromatic N) is 1. The predicted octanol–water partition coefficient (Wildman–Crippen LogP) is 7.29. The number of hydrogen-bond acceptors (Lipinski definition) is 5. The Labute approximate surface area is 246 Å². The van der Waals surface area contributed by atoms with Gasteiger partial charge in [-0.2, -0.15) is 0 Å². The van der Waals surface area contributed by atoms with Crippen LogP contribution in [-0.2, 0) is 18.4 Å². The molecule has 9 heteroatoms.